The molecule has 0 unspecified atom stereocenters. The fourth-order valence-electron chi connectivity index (χ4n) is 4.00. The molecule has 1 aliphatic heterocycles. The van der Waals surface area contributed by atoms with E-state index >= 15 is 0 Å². The molecule has 3 aromatic rings. The van der Waals surface area contributed by atoms with E-state index in [-0.39, 0.29) is 17.9 Å². The maximum Gasteiger partial charge on any atom is 0.254 e. The van der Waals surface area contributed by atoms with E-state index in [0.29, 0.717) is 38.2 Å². The van der Waals surface area contributed by atoms with Crippen molar-refractivity contribution in [1.82, 2.24) is 24.6 Å². The van der Waals surface area contributed by atoms with Gasteiger partial charge in [-0.25, -0.2) is 9.67 Å². The third kappa shape index (κ3) is 4.04. The molecular weight excluding hydrogens is 390 g/mol. The molecule has 162 valence electrons. The zero-order valence-electron chi connectivity index (χ0n) is 18.6. The molecule has 7 heteroatoms. The Hall–Kier alpha value is -3.22. The quantitative estimate of drug-likeness (QED) is 0.647. The minimum atomic E-state index is -0.0346. The number of aromatic nitrogens is 3. The number of aryl methyl sites for hydroxylation is 1. The van der Waals surface area contributed by atoms with E-state index in [9.17, 15) is 9.59 Å². The molecule has 0 bridgehead atoms. The Morgan fingerprint density at radius 3 is 2.29 bits per heavy atom. The minimum absolute atomic E-state index is 0.0346. The van der Waals surface area contributed by atoms with Crippen molar-refractivity contribution in [1.29, 1.82) is 0 Å². The van der Waals surface area contributed by atoms with Gasteiger partial charge >= 0.3 is 0 Å². The van der Waals surface area contributed by atoms with Gasteiger partial charge in [0.05, 0.1) is 22.8 Å². The number of carbonyl (C=O) groups excluding carboxylic acids is 2. The van der Waals surface area contributed by atoms with Gasteiger partial charge in [-0.05, 0) is 26.8 Å². The van der Waals surface area contributed by atoms with Gasteiger partial charge in [-0.3, -0.25) is 9.59 Å². The van der Waals surface area contributed by atoms with Crippen molar-refractivity contribution >= 4 is 22.8 Å². The number of carbonyl (C=O) groups is 2. The lowest BCUT2D eigenvalue weighted by Gasteiger charge is -2.34. The number of nitrogens with zero attached hydrogens (tertiary/aromatic N) is 5. The molecule has 0 N–H and O–H groups in total. The average molecular weight is 420 g/mol. The first kappa shape index (κ1) is 21.0. The molecule has 4 rings (SSSR count). The number of piperazine rings is 1. The van der Waals surface area contributed by atoms with E-state index in [4.69, 9.17) is 4.98 Å². The third-order valence-corrected chi connectivity index (χ3v) is 5.86. The molecule has 7 nitrogen and oxygen atoms in total. The van der Waals surface area contributed by atoms with Crippen LogP contribution in [0.2, 0.25) is 0 Å². The maximum absolute atomic E-state index is 13.5. The Bertz CT molecular complexity index is 1110. The van der Waals surface area contributed by atoms with Crippen LogP contribution in [0.15, 0.2) is 36.5 Å². The third-order valence-electron chi connectivity index (χ3n) is 5.86. The number of hydrogen-bond donors (Lipinski definition) is 0. The van der Waals surface area contributed by atoms with Gasteiger partial charge in [0.1, 0.15) is 0 Å². The second-order valence-electron chi connectivity index (χ2n) is 8.37. The van der Waals surface area contributed by atoms with Crippen molar-refractivity contribution < 1.29 is 9.59 Å². The zero-order chi connectivity index (χ0) is 22.1. The minimum Gasteiger partial charge on any atom is -0.339 e. The lowest BCUT2D eigenvalue weighted by Crippen LogP contribution is -2.50. The molecule has 2 amide bonds. The summed E-state index contributed by atoms with van der Waals surface area (Å²) in [6.45, 7) is 10.2. The number of pyridine rings is 1. The highest BCUT2D eigenvalue weighted by molar-refractivity contribution is 6.06. The van der Waals surface area contributed by atoms with Crippen LogP contribution in [-0.2, 0) is 4.79 Å². The second-order valence-corrected chi connectivity index (χ2v) is 8.37. The average Bonchev–Trinajstić information content (AvgIpc) is 3.22. The van der Waals surface area contributed by atoms with Crippen molar-refractivity contribution in [3.05, 3.63) is 47.7 Å². The van der Waals surface area contributed by atoms with E-state index < -0.39 is 0 Å². The highest BCUT2D eigenvalue weighted by atomic mass is 16.2. The van der Waals surface area contributed by atoms with E-state index in [0.717, 1.165) is 22.3 Å². The van der Waals surface area contributed by atoms with Crippen molar-refractivity contribution in [2.24, 2.45) is 0 Å². The fraction of sp³-hybridized carbons (Fsp3) is 0.417. The van der Waals surface area contributed by atoms with Gasteiger partial charge in [-0.2, -0.15) is 5.10 Å². The normalized spacial score (nSPS) is 14.5. The Balaban J connectivity index is 1.73. The van der Waals surface area contributed by atoms with Gasteiger partial charge in [0, 0.05) is 44.2 Å². The summed E-state index contributed by atoms with van der Waals surface area (Å²) in [4.78, 5) is 34.1. The molecule has 0 radical (unpaired) electrons. The molecule has 0 aliphatic carbocycles. The number of hydrogen-bond acceptors (Lipinski definition) is 4. The van der Waals surface area contributed by atoms with Crippen LogP contribution in [0.1, 0.15) is 49.2 Å². The predicted molar refractivity (Wildman–Crippen MR) is 121 cm³/mol. The number of benzene rings is 1. The van der Waals surface area contributed by atoms with Gasteiger partial charge in [-0.15, -0.1) is 0 Å². The fourth-order valence-corrected chi connectivity index (χ4v) is 4.00. The molecule has 0 saturated carbocycles. The Labute approximate surface area is 182 Å². The van der Waals surface area contributed by atoms with Crippen molar-refractivity contribution in [2.75, 3.05) is 26.2 Å². The van der Waals surface area contributed by atoms with E-state index in [1.807, 2.05) is 58.7 Å². The summed E-state index contributed by atoms with van der Waals surface area (Å²) in [5, 5.41) is 5.27. The van der Waals surface area contributed by atoms with Crippen molar-refractivity contribution in [3.63, 3.8) is 0 Å². The lowest BCUT2D eigenvalue weighted by atomic mass is 10.0. The first-order valence-electron chi connectivity index (χ1n) is 10.9. The maximum atomic E-state index is 13.5. The molecule has 1 aromatic carbocycles. The van der Waals surface area contributed by atoms with E-state index in [2.05, 4.69) is 18.9 Å². The lowest BCUT2D eigenvalue weighted by molar-refractivity contribution is -0.132. The summed E-state index contributed by atoms with van der Waals surface area (Å²) >= 11 is 0. The number of fused-ring (bicyclic) bond motifs is 1. The van der Waals surface area contributed by atoms with E-state index in [1.165, 1.54) is 5.56 Å². The molecular formula is C24H29N5O2. The zero-order valence-corrected chi connectivity index (χ0v) is 18.6. The monoisotopic (exact) mass is 419 g/mol. The van der Waals surface area contributed by atoms with Crippen LogP contribution in [0.25, 0.3) is 22.3 Å². The SMILES string of the molecule is CCC(=O)N1CCN(C(=O)c2cc(-c3ccc(C)cc3)nc3c2cnn3C(C)C)CC1. The van der Waals surface area contributed by atoms with Gasteiger partial charge in [0.25, 0.3) is 5.91 Å². The van der Waals surface area contributed by atoms with Crippen LogP contribution < -0.4 is 0 Å². The van der Waals surface area contributed by atoms with Crippen molar-refractivity contribution in [3.8, 4) is 11.3 Å². The summed E-state index contributed by atoms with van der Waals surface area (Å²) in [5.41, 5.74) is 4.24. The Kier molecular flexibility index (Phi) is 5.76. The number of rotatable bonds is 4. The summed E-state index contributed by atoms with van der Waals surface area (Å²) in [6, 6.07) is 10.2. The van der Waals surface area contributed by atoms with Crippen LogP contribution in [-0.4, -0.2) is 62.6 Å². The molecule has 3 heterocycles. The molecule has 2 aromatic heterocycles. The second kappa shape index (κ2) is 8.49. The molecule has 0 spiro atoms. The summed E-state index contributed by atoms with van der Waals surface area (Å²) < 4.78 is 1.86. The topological polar surface area (TPSA) is 71.3 Å². The first-order valence-corrected chi connectivity index (χ1v) is 10.9. The van der Waals surface area contributed by atoms with Crippen LogP contribution in [0.3, 0.4) is 0 Å². The summed E-state index contributed by atoms with van der Waals surface area (Å²) in [5.74, 6) is 0.103. The summed E-state index contributed by atoms with van der Waals surface area (Å²) in [7, 11) is 0. The van der Waals surface area contributed by atoms with Gasteiger partial charge in [-0.1, -0.05) is 36.8 Å². The molecule has 31 heavy (non-hydrogen) atoms. The Morgan fingerprint density at radius 1 is 1.03 bits per heavy atom. The van der Waals surface area contributed by atoms with Crippen LogP contribution in [0.4, 0.5) is 0 Å². The summed E-state index contributed by atoms with van der Waals surface area (Å²) in [6.07, 6.45) is 2.23. The van der Waals surface area contributed by atoms with E-state index in [1.54, 1.807) is 6.20 Å². The van der Waals surface area contributed by atoms with Crippen molar-refractivity contribution in [2.45, 2.75) is 40.2 Å². The predicted octanol–water partition coefficient (Wildman–Crippen LogP) is 3.68. The number of amides is 2. The molecule has 1 saturated heterocycles. The molecule has 1 aliphatic rings. The highest BCUT2D eigenvalue weighted by Gasteiger charge is 2.27. The molecule has 0 atom stereocenters. The van der Waals surface area contributed by atoms with Gasteiger partial charge in [0.2, 0.25) is 5.91 Å². The van der Waals surface area contributed by atoms with Crippen LogP contribution >= 0.6 is 0 Å². The standard InChI is InChI=1S/C24H29N5O2/c1-5-22(30)27-10-12-28(13-11-27)24(31)19-14-21(18-8-6-17(4)7-9-18)26-23-20(19)15-25-29(23)16(2)3/h6-9,14-16H,5,10-13H2,1-4H3. The van der Waals surface area contributed by atoms with Gasteiger partial charge < -0.3 is 9.80 Å². The first-order chi connectivity index (χ1) is 14.9. The van der Waals surface area contributed by atoms with Gasteiger partial charge in [0.15, 0.2) is 5.65 Å². The molecule has 1 fully saturated rings. The highest BCUT2D eigenvalue weighted by Crippen LogP contribution is 2.28. The Morgan fingerprint density at radius 2 is 1.68 bits per heavy atom. The van der Waals surface area contributed by atoms with Crippen LogP contribution in [0.5, 0.6) is 0 Å². The smallest absolute Gasteiger partial charge is 0.254 e. The largest absolute Gasteiger partial charge is 0.339 e. The van der Waals surface area contributed by atoms with Crippen LogP contribution in [0, 0.1) is 6.92 Å².